The van der Waals surface area contributed by atoms with Crippen LogP contribution in [-0.4, -0.2) is 28.9 Å². The Kier molecular flexibility index (Phi) is 6.85. The number of aromatic nitrogens is 2. The van der Waals surface area contributed by atoms with Gasteiger partial charge in [0.1, 0.15) is 0 Å². The number of hydrogen-bond acceptors (Lipinski definition) is 4. The Morgan fingerprint density at radius 3 is 2.96 bits per heavy atom. The molecule has 1 unspecified atom stereocenters. The number of nitrogens with one attached hydrogen (secondary N) is 2. The van der Waals surface area contributed by atoms with Crippen LogP contribution in [0.4, 0.5) is 0 Å². The van der Waals surface area contributed by atoms with Crippen LogP contribution >= 0.6 is 46.7 Å². The molecule has 1 atom stereocenters. The van der Waals surface area contributed by atoms with Crippen molar-refractivity contribution < 1.29 is 0 Å². The number of guanidine groups is 1. The van der Waals surface area contributed by atoms with Crippen LogP contribution in [0.25, 0.3) is 4.96 Å². The molecule has 8 heteroatoms. The fourth-order valence-corrected chi connectivity index (χ4v) is 3.68. The van der Waals surface area contributed by atoms with Crippen LogP contribution < -0.4 is 10.6 Å². The Bertz CT molecular complexity index is 718. The molecule has 0 aromatic carbocycles. The first kappa shape index (κ1) is 18.2. The number of halogens is 1. The largest absolute Gasteiger partial charge is 0.356 e. The predicted molar refractivity (Wildman–Crippen MR) is 109 cm³/mol. The van der Waals surface area contributed by atoms with Gasteiger partial charge in [0.25, 0.3) is 0 Å². The van der Waals surface area contributed by atoms with Crippen molar-refractivity contribution in [3.8, 4) is 0 Å². The van der Waals surface area contributed by atoms with E-state index in [0.717, 1.165) is 23.2 Å². The summed E-state index contributed by atoms with van der Waals surface area (Å²) in [4.78, 5) is 9.83. The van der Waals surface area contributed by atoms with E-state index in [0.29, 0.717) is 12.5 Å². The Hall–Kier alpha value is -1.13. The van der Waals surface area contributed by atoms with Crippen LogP contribution in [0.2, 0.25) is 0 Å². The lowest BCUT2D eigenvalue weighted by molar-refractivity contribution is 0.699. The van der Waals surface area contributed by atoms with Gasteiger partial charge in [0.2, 0.25) is 0 Å². The number of thiophene rings is 1. The van der Waals surface area contributed by atoms with Crippen molar-refractivity contribution >= 4 is 57.6 Å². The first-order valence-corrected chi connectivity index (χ1v) is 8.96. The van der Waals surface area contributed by atoms with E-state index in [1.807, 2.05) is 22.2 Å². The van der Waals surface area contributed by atoms with Gasteiger partial charge in [0, 0.05) is 31.4 Å². The molecule has 0 bridgehead atoms. The van der Waals surface area contributed by atoms with Crippen LogP contribution in [0.1, 0.15) is 24.1 Å². The zero-order valence-electron chi connectivity index (χ0n) is 13.0. The summed E-state index contributed by atoms with van der Waals surface area (Å²) < 4.78 is 2.04. The highest BCUT2D eigenvalue weighted by Gasteiger charge is 2.08. The predicted octanol–water partition coefficient (Wildman–Crippen LogP) is 3.54. The fourth-order valence-electron chi connectivity index (χ4n) is 2.18. The normalized spacial score (nSPS) is 12.9. The second-order valence-corrected chi connectivity index (χ2v) is 6.74. The average Bonchev–Trinajstić information content (AvgIpc) is 3.23. The van der Waals surface area contributed by atoms with E-state index in [1.165, 1.54) is 5.56 Å². The van der Waals surface area contributed by atoms with Gasteiger partial charge >= 0.3 is 0 Å². The molecule has 3 heterocycles. The van der Waals surface area contributed by atoms with Crippen molar-refractivity contribution in [1.82, 2.24) is 20.0 Å². The number of thiazole rings is 1. The van der Waals surface area contributed by atoms with E-state index in [1.54, 1.807) is 29.7 Å². The van der Waals surface area contributed by atoms with Crippen molar-refractivity contribution in [2.45, 2.75) is 19.4 Å². The van der Waals surface area contributed by atoms with E-state index in [9.17, 15) is 0 Å². The van der Waals surface area contributed by atoms with Gasteiger partial charge in [-0.1, -0.05) is 6.92 Å². The van der Waals surface area contributed by atoms with E-state index in [4.69, 9.17) is 0 Å². The maximum Gasteiger partial charge on any atom is 0.193 e. The third-order valence-electron chi connectivity index (χ3n) is 3.49. The third kappa shape index (κ3) is 4.67. The lowest BCUT2D eigenvalue weighted by Crippen LogP contribution is -2.38. The molecule has 0 fully saturated rings. The maximum atomic E-state index is 4.55. The average molecular weight is 461 g/mol. The molecule has 3 rings (SSSR count). The van der Waals surface area contributed by atoms with Gasteiger partial charge in [-0.25, -0.2) is 4.98 Å². The molecule has 3 aromatic heterocycles. The van der Waals surface area contributed by atoms with Crippen LogP contribution in [0, 0.1) is 0 Å². The minimum Gasteiger partial charge on any atom is -0.356 e. The van der Waals surface area contributed by atoms with E-state index in [-0.39, 0.29) is 24.0 Å². The van der Waals surface area contributed by atoms with Gasteiger partial charge in [-0.2, -0.15) is 11.3 Å². The van der Waals surface area contributed by atoms with Crippen LogP contribution in [-0.2, 0) is 6.54 Å². The Balaban J connectivity index is 0.00000192. The Labute approximate surface area is 160 Å². The minimum absolute atomic E-state index is 0. The van der Waals surface area contributed by atoms with Crippen molar-refractivity contribution in [1.29, 1.82) is 0 Å². The molecule has 0 saturated heterocycles. The molecular formula is C15H20IN5S2. The van der Waals surface area contributed by atoms with E-state index >= 15 is 0 Å². The molecule has 124 valence electrons. The second kappa shape index (κ2) is 8.65. The number of fused-ring (bicyclic) bond motifs is 1. The first-order chi connectivity index (χ1) is 10.8. The Morgan fingerprint density at radius 1 is 1.39 bits per heavy atom. The number of aliphatic imine (C=N–C) groups is 1. The lowest BCUT2D eigenvalue weighted by Gasteiger charge is -2.14. The topological polar surface area (TPSA) is 53.7 Å². The zero-order chi connectivity index (χ0) is 15.4. The molecule has 0 aliphatic heterocycles. The third-order valence-corrected chi connectivity index (χ3v) is 4.96. The minimum atomic E-state index is 0. The maximum absolute atomic E-state index is 4.55. The highest BCUT2D eigenvalue weighted by Crippen LogP contribution is 2.17. The quantitative estimate of drug-likeness (QED) is 0.347. The molecule has 0 radical (unpaired) electrons. The summed E-state index contributed by atoms with van der Waals surface area (Å²) in [6.07, 6.45) is 4.06. The van der Waals surface area contributed by atoms with Gasteiger partial charge < -0.3 is 10.6 Å². The number of imidazole rings is 1. The summed E-state index contributed by atoms with van der Waals surface area (Å²) in [7, 11) is 1.79. The van der Waals surface area contributed by atoms with Crippen LogP contribution in [0.5, 0.6) is 0 Å². The summed E-state index contributed by atoms with van der Waals surface area (Å²) >= 11 is 3.38. The molecule has 0 aliphatic carbocycles. The van der Waals surface area contributed by atoms with Gasteiger partial charge in [-0.05, 0) is 28.3 Å². The molecule has 0 amide bonds. The van der Waals surface area contributed by atoms with Crippen LogP contribution in [0.15, 0.2) is 39.6 Å². The summed E-state index contributed by atoms with van der Waals surface area (Å²) in [6, 6.07) is 2.17. The molecular weight excluding hydrogens is 441 g/mol. The molecule has 0 aliphatic rings. The van der Waals surface area contributed by atoms with Crippen molar-refractivity contribution in [3.63, 3.8) is 0 Å². The van der Waals surface area contributed by atoms with Gasteiger partial charge in [-0.3, -0.25) is 9.39 Å². The fraction of sp³-hybridized carbons (Fsp3) is 0.333. The molecule has 0 saturated carbocycles. The summed E-state index contributed by atoms with van der Waals surface area (Å²) in [6.45, 7) is 3.74. The second-order valence-electron chi connectivity index (χ2n) is 5.09. The molecule has 2 N–H and O–H groups in total. The SMILES string of the molecule is CN=C(NCc1cn2ccsc2n1)NCC(C)c1ccsc1.I. The molecule has 5 nitrogen and oxygen atoms in total. The van der Waals surface area contributed by atoms with Crippen molar-refractivity contribution in [2.24, 2.45) is 4.99 Å². The van der Waals surface area contributed by atoms with Gasteiger partial charge in [-0.15, -0.1) is 35.3 Å². The molecule has 3 aromatic rings. The molecule has 23 heavy (non-hydrogen) atoms. The lowest BCUT2D eigenvalue weighted by atomic mass is 10.1. The van der Waals surface area contributed by atoms with E-state index in [2.05, 4.69) is 44.4 Å². The van der Waals surface area contributed by atoms with Gasteiger partial charge in [0.15, 0.2) is 10.9 Å². The summed E-state index contributed by atoms with van der Waals surface area (Å²) in [5.74, 6) is 1.26. The highest BCUT2D eigenvalue weighted by molar-refractivity contribution is 14.0. The number of rotatable bonds is 5. The molecule has 0 spiro atoms. The number of hydrogen-bond donors (Lipinski definition) is 2. The van der Waals surface area contributed by atoms with Crippen molar-refractivity contribution in [3.05, 3.63) is 45.9 Å². The van der Waals surface area contributed by atoms with E-state index < -0.39 is 0 Å². The number of nitrogens with zero attached hydrogens (tertiary/aromatic N) is 3. The standard InChI is InChI=1S/C15H19N5S2.HI/c1-11(12-3-5-21-10-12)7-17-14(16-2)18-8-13-9-20-4-6-22-15(20)19-13;/h3-6,9-11H,7-8H2,1-2H3,(H2,16,17,18);1H. The van der Waals surface area contributed by atoms with Crippen LogP contribution in [0.3, 0.4) is 0 Å². The Morgan fingerprint density at radius 2 is 2.26 bits per heavy atom. The first-order valence-electron chi connectivity index (χ1n) is 7.14. The highest BCUT2D eigenvalue weighted by atomic mass is 127. The summed E-state index contributed by atoms with van der Waals surface area (Å²) in [5, 5.41) is 13.0. The summed E-state index contributed by atoms with van der Waals surface area (Å²) in [5.41, 5.74) is 2.38. The smallest absolute Gasteiger partial charge is 0.193 e. The monoisotopic (exact) mass is 461 g/mol. The van der Waals surface area contributed by atoms with Gasteiger partial charge in [0.05, 0.1) is 12.2 Å². The van der Waals surface area contributed by atoms with Crippen molar-refractivity contribution in [2.75, 3.05) is 13.6 Å². The zero-order valence-corrected chi connectivity index (χ0v) is 17.0.